The molecule has 2 fully saturated rings. The highest BCUT2D eigenvalue weighted by molar-refractivity contribution is 5.76. The van der Waals surface area contributed by atoms with Crippen LogP contribution in [-0.4, -0.2) is 140 Å². The van der Waals surface area contributed by atoms with Crippen molar-refractivity contribution in [1.29, 1.82) is 0 Å². The number of allylic oxidation sites excluding steroid dienone is 1. The van der Waals surface area contributed by atoms with Crippen LogP contribution >= 0.6 is 0 Å². The third kappa shape index (κ3) is 30.5. The fourth-order valence-corrected chi connectivity index (χ4v) is 10.1. The molecule has 0 aliphatic carbocycles. The van der Waals surface area contributed by atoms with Gasteiger partial charge in [0.1, 0.15) is 48.8 Å². The van der Waals surface area contributed by atoms with Gasteiger partial charge in [-0.15, -0.1) is 0 Å². The monoisotopic (exact) mass is 1030 g/mol. The van der Waals surface area contributed by atoms with E-state index in [9.17, 15) is 45.6 Å². The summed E-state index contributed by atoms with van der Waals surface area (Å²) >= 11 is 0. The third-order valence-corrected chi connectivity index (χ3v) is 15.0. The number of hydrogen-bond acceptors (Lipinski definition) is 13. The molecule has 0 aromatic carbocycles. The van der Waals surface area contributed by atoms with Crippen LogP contribution in [0.3, 0.4) is 0 Å². The van der Waals surface area contributed by atoms with E-state index in [1.54, 1.807) is 6.08 Å². The Balaban J connectivity index is 1.76. The van der Waals surface area contributed by atoms with E-state index in [2.05, 4.69) is 19.2 Å². The predicted octanol–water partition coefficient (Wildman–Crippen LogP) is 9.89. The first kappa shape index (κ1) is 66.8. The maximum Gasteiger partial charge on any atom is 0.220 e. The quantitative estimate of drug-likeness (QED) is 0.0205. The van der Waals surface area contributed by atoms with Gasteiger partial charge >= 0.3 is 0 Å². The average molecular weight is 1030 g/mol. The number of amides is 1. The molecule has 12 unspecified atom stereocenters. The first-order valence-corrected chi connectivity index (χ1v) is 29.9. The number of carbonyl (C=O) groups is 1. The number of unbranched alkanes of at least 4 members (excludes halogenated alkanes) is 35. The Hall–Kier alpha value is -1.27. The lowest BCUT2D eigenvalue weighted by molar-refractivity contribution is -0.359. The highest BCUT2D eigenvalue weighted by atomic mass is 16.7. The van der Waals surface area contributed by atoms with Crippen LogP contribution in [-0.2, 0) is 23.7 Å². The zero-order valence-electron chi connectivity index (χ0n) is 45.7. The molecule has 2 heterocycles. The van der Waals surface area contributed by atoms with Crippen molar-refractivity contribution in [2.75, 3.05) is 19.8 Å². The van der Waals surface area contributed by atoms with Crippen LogP contribution in [0.1, 0.15) is 258 Å². The van der Waals surface area contributed by atoms with Gasteiger partial charge in [-0.1, -0.05) is 244 Å². The van der Waals surface area contributed by atoms with Gasteiger partial charge in [-0.05, 0) is 19.3 Å². The first-order chi connectivity index (χ1) is 35.1. The Morgan fingerprint density at radius 1 is 0.486 bits per heavy atom. The van der Waals surface area contributed by atoms with Crippen molar-refractivity contribution in [3.8, 4) is 0 Å². The molecule has 12 atom stereocenters. The maximum atomic E-state index is 13.2. The minimum atomic E-state index is -1.79. The van der Waals surface area contributed by atoms with E-state index >= 15 is 0 Å². The van der Waals surface area contributed by atoms with E-state index in [0.29, 0.717) is 6.42 Å². The van der Waals surface area contributed by atoms with Crippen LogP contribution in [0.2, 0.25) is 0 Å². The Kier molecular flexibility index (Phi) is 41.6. The molecule has 1 amide bonds. The van der Waals surface area contributed by atoms with E-state index in [1.807, 2.05) is 6.08 Å². The Morgan fingerprint density at radius 3 is 1.28 bits per heavy atom. The summed E-state index contributed by atoms with van der Waals surface area (Å²) in [5.74, 6) is -0.234. The summed E-state index contributed by atoms with van der Waals surface area (Å²) in [6.45, 7) is 2.83. The van der Waals surface area contributed by atoms with E-state index in [4.69, 9.17) is 18.9 Å². The van der Waals surface area contributed by atoms with Crippen molar-refractivity contribution in [2.24, 2.45) is 0 Å². The molecule has 2 rings (SSSR count). The van der Waals surface area contributed by atoms with Crippen molar-refractivity contribution < 1.29 is 64.6 Å². The molecule has 0 saturated carbocycles. The van der Waals surface area contributed by atoms with Crippen LogP contribution < -0.4 is 5.32 Å². The second-order valence-electron chi connectivity index (χ2n) is 21.5. The summed E-state index contributed by atoms with van der Waals surface area (Å²) in [6, 6.07) is -0.909. The van der Waals surface area contributed by atoms with E-state index in [0.717, 1.165) is 38.5 Å². The molecule has 14 heteroatoms. The molecule has 0 radical (unpaired) electrons. The molecule has 72 heavy (non-hydrogen) atoms. The van der Waals surface area contributed by atoms with Crippen LogP contribution in [0.5, 0.6) is 0 Å². The summed E-state index contributed by atoms with van der Waals surface area (Å²) in [4.78, 5) is 13.2. The summed E-state index contributed by atoms with van der Waals surface area (Å²) in [7, 11) is 0. The van der Waals surface area contributed by atoms with E-state index in [-0.39, 0.29) is 18.9 Å². The molecule has 2 saturated heterocycles. The third-order valence-electron chi connectivity index (χ3n) is 15.0. The lowest BCUT2D eigenvalue weighted by Gasteiger charge is -2.46. The largest absolute Gasteiger partial charge is 0.394 e. The Bertz CT molecular complexity index is 1260. The second kappa shape index (κ2) is 44.8. The van der Waals surface area contributed by atoms with Crippen LogP contribution in [0.4, 0.5) is 0 Å². The van der Waals surface area contributed by atoms with Crippen LogP contribution in [0, 0.1) is 0 Å². The zero-order chi connectivity index (χ0) is 52.4. The van der Waals surface area contributed by atoms with Gasteiger partial charge in [0.05, 0.1) is 32.0 Å². The second-order valence-corrected chi connectivity index (χ2v) is 21.5. The Morgan fingerprint density at radius 2 is 0.861 bits per heavy atom. The fourth-order valence-electron chi connectivity index (χ4n) is 10.1. The predicted molar refractivity (Wildman–Crippen MR) is 286 cm³/mol. The van der Waals surface area contributed by atoms with Gasteiger partial charge in [-0.25, -0.2) is 0 Å². The molecule has 0 aromatic heterocycles. The number of aliphatic hydroxyl groups is 8. The fraction of sp³-hybridized carbons (Fsp3) is 0.948. The number of carbonyl (C=O) groups excluding carboxylic acids is 1. The van der Waals surface area contributed by atoms with Crippen molar-refractivity contribution in [1.82, 2.24) is 5.32 Å². The van der Waals surface area contributed by atoms with Crippen LogP contribution in [0.15, 0.2) is 12.2 Å². The molecule has 14 nitrogen and oxygen atoms in total. The first-order valence-electron chi connectivity index (χ1n) is 29.9. The average Bonchev–Trinajstić information content (AvgIpc) is 3.38. The number of ether oxygens (including phenoxy) is 4. The normalized spacial score (nSPS) is 25.6. The van der Waals surface area contributed by atoms with Crippen LogP contribution in [0.25, 0.3) is 0 Å². The molecule has 9 N–H and O–H groups in total. The minimum absolute atomic E-state index is 0.234. The molecule has 2 aliphatic rings. The Labute approximate surface area is 437 Å². The molecular weight excluding hydrogens is 919 g/mol. The summed E-state index contributed by atoms with van der Waals surface area (Å²) in [5.41, 5.74) is 0. The minimum Gasteiger partial charge on any atom is -0.394 e. The number of rotatable bonds is 48. The van der Waals surface area contributed by atoms with Gasteiger partial charge in [0.15, 0.2) is 12.6 Å². The van der Waals surface area contributed by atoms with Gasteiger partial charge in [-0.2, -0.15) is 0 Å². The lowest BCUT2D eigenvalue weighted by atomic mass is 9.97. The molecule has 0 aromatic rings. The lowest BCUT2D eigenvalue weighted by Crippen LogP contribution is -2.65. The van der Waals surface area contributed by atoms with E-state index < -0.39 is 86.8 Å². The van der Waals surface area contributed by atoms with Gasteiger partial charge in [-0.3, -0.25) is 4.79 Å². The van der Waals surface area contributed by atoms with Gasteiger partial charge in [0.25, 0.3) is 0 Å². The molecule has 426 valence electrons. The van der Waals surface area contributed by atoms with Gasteiger partial charge in [0, 0.05) is 6.42 Å². The SMILES string of the molecule is CCCCCCCCCCCCCCCCCCCCCC/C=C/C(O)C(COC1OC(CO)C(OC2OC(CO)C(O)C(O)C2O)C(O)C1O)NC(=O)CCCCCCCCCCCCCCCCCC. The number of aliphatic hydroxyl groups excluding tert-OH is 8. The van der Waals surface area contributed by atoms with Gasteiger partial charge < -0.3 is 65.1 Å². The molecule has 0 bridgehead atoms. The highest BCUT2D eigenvalue weighted by Gasteiger charge is 2.51. The highest BCUT2D eigenvalue weighted by Crippen LogP contribution is 2.30. The zero-order valence-corrected chi connectivity index (χ0v) is 45.7. The maximum absolute atomic E-state index is 13.2. The molecular formula is C58H111NO13. The molecule has 2 aliphatic heterocycles. The smallest absolute Gasteiger partial charge is 0.220 e. The topological polar surface area (TPSA) is 228 Å². The van der Waals surface area contributed by atoms with Crippen molar-refractivity contribution in [2.45, 2.75) is 331 Å². The van der Waals surface area contributed by atoms with Crippen molar-refractivity contribution in [3.05, 3.63) is 12.2 Å². The van der Waals surface area contributed by atoms with Crippen molar-refractivity contribution in [3.63, 3.8) is 0 Å². The van der Waals surface area contributed by atoms with Gasteiger partial charge in [0.2, 0.25) is 5.91 Å². The number of nitrogens with one attached hydrogen (secondary N) is 1. The molecule has 0 spiro atoms. The van der Waals surface area contributed by atoms with E-state index in [1.165, 1.54) is 193 Å². The standard InChI is InChI=1S/C58H111NO13/c1-3-5-7-9-11-13-15-17-19-21-22-23-24-25-26-27-29-31-33-35-37-39-41-47(62)46(59-50(63)42-40-38-36-34-32-30-28-20-18-16-14-12-10-8-6-4-2)45-69-57-55(68)53(66)56(49(44-61)71-57)72-58-54(67)52(65)51(64)48(43-60)70-58/h39,41,46-49,51-58,60-62,64-68H,3-38,40,42-45H2,1-2H3,(H,59,63)/b41-39+. The van der Waals surface area contributed by atoms with Crippen molar-refractivity contribution >= 4 is 5.91 Å². The summed E-state index contributed by atoms with van der Waals surface area (Å²) < 4.78 is 22.8. The number of hydrogen-bond donors (Lipinski definition) is 9. The summed E-state index contributed by atoms with van der Waals surface area (Å²) in [6.07, 6.45) is 33.9. The summed E-state index contributed by atoms with van der Waals surface area (Å²) in [5, 5.41) is 87.1.